The Balaban J connectivity index is 1.33. The molecule has 2 aromatic heterocycles. The molecule has 160 valence electrons. The topological polar surface area (TPSA) is 107 Å². The van der Waals surface area contributed by atoms with Crippen LogP contribution in [0.3, 0.4) is 0 Å². The summed E-state index contributed by atoms with van der Waals surface area (Å²) in [5.41, 5.74) is 2.21. The molecular formula is C20H29N9O. The van der Waals surface area contributed by atoms with Crippen molar-refractivity contribution in [3.63, 3.8) is 0 Å². The molecule has 30 heavy (non-hydrogen) atoms. The summed E-state index contributed by atoms with van der Waals surface area (Å²) in [4.78, 5) is 19.5. The molecule has 1 saturated carbocycles. The molecule has 2 fully saturated rings. The van der Waals surface area contributed by atoms with Gasteiger partial charge < -0.3 is 25.3 Å². The molecular weight excluding hydrogens is 382 g/mol. The first-order valence-corrected chi connectivity index (χ1v) is 10.7. The van der Waals surface area contributed by atoms with E-state index in [0.717, 1.165) is 55.8 Å². The van der Waals surface area contributed by atoms with Crippen LogP contribution in [0.4, 0.5) is 23.4 Å². The number of anilines is 4. The molecule has 2 aliphatic heterocycles. The molecule has 4 heterocycles. The van der Waals surface area contributed by atoms with Gasteiger partial charge in [-0.15, -0.1) is 0 Å². The maximum absolute atomic E-state index is 5.43. The van der Waals surface area contributed by atoms with Crippen LogP contribution in [0.2, 0.25) is 0 Å². The van der Waals surface area contributed by atoms with E-state index in [0.29, 0.717) is 18.4 Å². The van der Waals surface area contributed by atoms with E-state index in [1.165, 1.54) is 18.5 Å². The maximum Gasteiger partial charge on any atom is 0.226 e. The van der Waals surface area contributed by atoms with Gasteiger partial charge in [0.25, 0.3) is 0 Å². The lowest BCUT2D eigenvalue weighted by Gasteiger charge is -2.33. The van der Waals surface area contributed by atoms with Crippen molar-refractivity contribution in [3.8, 4) is 0 Å². The molecule has 0 radical (unpaired) electrons. The summed E-state index contributed by atoms with van der Waals surface area (Å²) in [6, 6.07) is 4.08. The second-order valence-corrected chi connectivity index (χ2v) is 8.47. The van der Waals surface area contributed by atoms with Gasteiger partial charge >= 0.3 is 0 Å². The summed E-state index contributed by atoms with van der Waals surface area (Å²) in [5.74, 6) is 3.65. The van der Waals surface area contributed by atoms with Crippen molar-refractivity contribution in [2.24, 2.45) is 5.16 Å². The van der Waals surface area contributed by atoms with E-state index >= 15 is 0 Å². The number of nitrogens with one attached hydrogen (secondary N) is 3. The number of hydrogen-bond acceptors (Lipinski definition) is 9. The largest absolute Gasteiger partial charge is 0.390 e. The fraction of sp³-hybridized carbons (Fsp3) is 0.600. The zero-order valence-electron chi connectivity index (χ0n) is 17.6. The Bertz CT molecular complexity index is 915. The van der Waals surface area contributed by atoms with E-state index in [1.54, 1.807) is 0 Å². The molecule has 1 saturated heterocycles. The van der Waals surface area contributed by atoms with Gasteiger partial charge in [-0.2, -0.15) is 15.1 Å². The normalized spacial score (nSPS) is 22.0. The van der Waals surface area contributed by atoms with Gasteiger partial charge in [-0.1, -0.05) is 5.16 Å². The van der Waals surface area contributed by atoms with Gasteiger partial charge in [-0.25, -0.2) is 0 Å². The standard InChI is InChI=1S/C20H29N9O/c1-13-9-15(30-27-13)12-21-20-23-17(22-18-10-16(25-26-18)14-3-4-14)11-19(24-20)29-7-5-28(2)6-8-29/h10-11,14-15H,3-9,12H2,1-2H3,(H3,21,22,23,24,25,26). The van der Waals surface area contributed by atoms with Gasteiger partial charge in [0.15, 0.2) is 5.82 Å². The molecule has 5 rings (SSSR count). The molecule has 1 unspecified atom stereocenters. The minimum atomic E-state index is 0.0183. The maximum atomic E-state index is 5.43. The Morgan fingerprint density at radius 1 is 1.13 bits per heavy atom. The first-order chi connectivity index (χ1) is 14.6. The third-order valence-corrected chi connectivity index (χ3v) is 5.78. The summed E-state index contributed by atoms with van der Waals surface area (Å²) < 4.78 is 0. The summed E-state index contributed by atoms with van der Waals surface area (Å²) in [7, 11) is 2.15. The average Bonchev–Trinajstić information content (AvgIpc) is 3.35. The van der Waals surface area contributed by atoms with Crippen molar-refractivity contribution >= 4 is 29.1 Å². The Kier molecular flexibility index (Phi) is 5.16. The minimum Gasteiger partial charge on any atom is -0.390 e. The Morgan fingerprint density at radius 2 is 1.97 bits per heavy atom. The number of hydrogen-bond donors (Lipinski definition) is 3. The van der Waals surface area contributed by atoms with E-state index in [-0.39, 0.29) is 6.10 Å². The lowest BCUT2D eigenvalue weighted by Crippen LogP contribution is -2.44. The molecule has 0 aromatic carbocycles. The third kappa shape index (κ3) is 4.48. The van der Waals surface area contributed by atoms with E-state index < -0.39 is 0 Å². The van der Waals surface area contributed by atoms with Crippen molar-refractivity contribution in [2.45, 2.75) is 38.2 Å². The van der Waals surface area contributed by atoms with E-state index in [2.05, 4.69) is 53.9 Å². The highest BCUT2D eigenvalue weighted by Crippen LogP contribution is 2.39. The summed E-state index contributed by atoms with van der Waals surface area (Å²) >= 11 is 0. The molecule has 10 nitrogen and oxygen atoms in total. The number of likely N-dealkylation sites (N-methyl/N-ethyl adjacent to an activating group) is 1. The van der Waals surface area contributed by atoms with Gasteiger partial charge in [0.1, 0.15) is 17.7 Å². The molecule has 2 aromatic rings. The monoisotopic (exact) mass is 411 g/mol. The van der Waals surface area contributed by atoms with Crippen molar-refractivity contribution < 1.29 is 4.84 Å². The van der Waals surface area contributed by atoms with Gasteiger partial charge in [-0.05, 0) is 26.8 Å². The highest BCUT2D eigenvalue weighted by Gasteiger charge is 2.26. The number of aromatic nitrogens is 4. The summed E-state index contributed by atoms with van der Waals surface area (Å²) in [5, 5.41) is 18.2. The fourth-order valence-corrected chi connectivity index (χ4v) is 3.79. The van der Waals surface area contributed by atoms with E-state index in [1.807, 2.05) is 13.0 Å². The zero-order valence-corrected chi connectivity index (χ0v) is 17.6. The van der Waals surface area contributed by atoms with Crippen LogP contribution >= 0.6 is 0 Å². The van der Waals surface area contributed by atoms with E-state index in [4.69, 9.17) is 9.82 Å². The van der Waals surface area contributed by atoms with Crippen LogP contribution < -0.4 is 15.5 Å². The molecule has 3 N–H and O–H groups in total. The van der Waals surface area contributed by atoms with Crippen molar-refractivity contribution in [2.75, 3.05) is 55.3 Å². The van der Waals surface area contributed by atoms with Gasteiger partial charge in [0, 0.05) is 56.3 Å². The van der Waals surface area contributed by atoms with Crippen LogP contribution in [0.1, 0.15) is 37.8 Å². The molecule has 1 aliphatic carbocycles. The van der Waals surface area contributed by atoms with Gasteiger partial charge in [-0.3, -0.25) is 5.10 Å². The summed E-state index contributed by atoms with van der Waals surface area (Å²) in [6.45, 7) is 6.52. The zero-order chi connectivity index (χ0) is 20.5. The van der Waals surface area contributed by atoms with Crippen molar-refractivity contribution in [3.05, 3.63) is 17.8 Å². The number of oxime groups is 1. The highest BCUT2D eigenvalue weighted by molar-refractivity contribution is 5.82. The Morgan fingerprint density at radius 3 is 2.70 bits per heavy atom. The number of rotatable bonds is 7. The average molecular weight is 412 g/mol. The molecule has 0 amide bonds. The smallest absolute Gasteiger partial charge is 0.226 e. The second-order valence-electron chi connectivity index (χ2n) is 8.47. The van der Waals surface area contributed by atoms with Crippen LogP contribution in [0.25, 0.3) is 0 Å². The highest BCUT2D eigenvalue weighted by atomic mass is 16.6. The SMILES string of the molecule is CC1=NOC(CNc2nc(Nc3cc(C4CC4)[nH]n3)cc(N3CCN(C)CC3)n2)C1. The second kappa shape index (κ2) is 8.10. The van der Waals surface area contributed by atoms with Crippen LogP contribution in [-0.2, 0) is 4.84 Å². The lowest BCUT2D eigenvalue weighted by molar-refractivity contribution is 0.0948. The predicted octanol–water partition coefficient (Wildman–Crippen LogP) is 2.15. The van der Waals surface area contributed by atoms with Crippen molar-refractivity contribution in [1.29, 1.82) is 0 Å². The fourth-order valence-electron chi connectivity index (χ4n) is 3.79. The first kappa shape index (κ1) is 19.1. The molecule has 10 heteroatoms. The molecule has 0 spiro atoms. The number of aromatic amines is 1. The summed E-state index contributed by atoms with van der Waals surface area (Å²) in [6.07, 6.45) is 3.32. The number of nitrogens with zero attached hydrogens (tertiary/aromatic N) is 6. The Labute approximate surface area is 176 Å². The van der Waals surface area contributed by atoms with Gasteiger partial charge in [0.2, 0.25) is 5.95 Å². The van der Waals surface area contributed by atoms with Crippen LogP contribution in [0.15, 0.2) is 17.3 Å². The minimum absolute atomic E-state index is 0.0183. The van der Waals surface area contributed by atoms with Crippen LogP contribution in [0, 0.1) is 0 Å². The third-order valence-electron chi connectivity index (χ3n) is 5.78. The molecule has 1 atom stereocenters. The van der Waals surface area contributed by atoms with Gasteiger partial charge in [0.05, 0.1) is 12.3 Å². The van der Waals surface area contributed by atoms with Crippen LogP contribution in [0.5, 0.6) is 0 Å². The van der Waals surface area contributed by atoms with E-state index in [9.17, 15) is 0 Å². The predicted molar refractivity (Wildman–Crippen MR) is 117 cm³/mol. The lowest BCUT2D eigenvalue weighted by atomic mass is 10.2. The van der Waals surface area contributed by atoms with Crippen LogP contribution in [-0.4, -0.2) is 76.7 Å². The number of piperazine rings is 1. The molecule has 0 bridgehead atoms. The van der Waals surface area contributed by atoms with Crippen molar-refractivity contribution in [1.82, 2.24) is 25.1 Å². The first-order valence-electron chi connectivity index (χ1n) is 10.7. The number of H-pyrrole nitrogens is 1. The Hall–Kier alpha value is -2.88. The quantitative estimate of drug-likeness (QED) is 0.636. The molecule has 3 aliphatic rings.